The van der Waals surface area contributed by atoms with Crippen molar-refractivity contribution in [1.82, 2.24) is 9.88 Å². The zero-order valence-corrected chi connectivity index (χ0v) is 17.6. The molecule has 0 radical (unpaired) electrons. The van der Waals surface area contributed by atoms with E-state index in [0.717, 1.165) is 61.4 Å². The van der Waals surface area contributed by atoms with Gasteiger partial charge in [0.1, 0.15) is 0 Å². The molecule has 1 fully saturated rings. The molecule has 3 aromatic carbocycles. The van der Waals surface area contributed by atoms with Crippen molar-refractivity contribution in [2.45, 2.75) is 6.42 Å². The fourth-order valence-corrected chi connectivity index (χ4v) is 4.31. The van der Waals surface area contributed by atoms with Crippen LogP contribution in [0.5, 0.6) is 0 Å². The Balaban J connectivity index is 1.32. The molecule has 0 unspecified atom stereocenters. The van der Waals surface area contributed by atoms with Gasteiger partial charge in [-0.3, -0.25) is 9.88 Å². The van der Waals surface area contributed by atoms with Gasteiger partial charge in [0.05, 0.1) is 5.52 Å². The van der Waals surface area contributed by atoms with Crippen molar-refractivity contribution < 1.29 is 0 Å². The van der Waals surface area contributed by atoms with Crippen molar-refractivity contribution in [3.05, 3.63) is 72.9 Å². The number of piperazine rings is 1. The molecule has 0 spiro atoms. The van der Waals surface area contributed by atoms with Gasteiger partial charge in [0.25, 0.3) is 0 Å². The lowest BCUT2D eigenvalue weighted by Gasteiger charge is -2.35. The van der Waals surface area contributed by atoms with Crippen LogP contribution >= 0.6 is 0 Å². The monoisotopic (exact) mass is 406 g/mol. The molecule has 0 saturated carbocycles. The van der Waals surface area contributed by atoms with E-state index in [1.54, 1.807) is 0 Å². The van der Waals surface area contributed by atoms with Crippen molar-refractivity contribution in [3.8, 4) is 12.3 Å². The Morgan fingerprint density at radius 2 is 1.65 bits per heavy atom. The number of aromatic nitrogens is 1. The van der Waals surface area contributed by atoms with Gasteiger partial charge in [-0.05, 0) is 53.2 Å². The summed E-state index contributed by atoms with van der Waals surface area (Å²) in [6.45, 7) is 5.22. The summed E-state index contributed by atoms with van der Waals surface area (Å²) in [7, 11) is 0. The lowest BCUT2D eigenvalue weighted by Crippen LogP contribution is -2.46. The number of hydrogen-bond donors (Lipinski definition) is 1. The first-order valence-corrected chi connectivity index (χ1v) is 10.9. The SMILES string of the molecule is C#CCCN1CCN(c2ccc(Nc3ccnc4cc5ccccc5cc34)cc2)CC1. The predicted molar refractivity (Wildman–Crippen MR) is 131 cm³/mol. The van der Waals surface area contributed by atoms with Crippen molar-refractivity contribution >= 4 is 38.7 Å². The molecule has 154 valence electrons. The number of anilines is 3. The molecule has 1 N–H and O–H groups in total. The van der Waals surface area contributed by atoms with Gasteiger partial charge in [-0.25, -0.2) is 0 Å². The lowest BCUT2D eigenvalue weighted by atomic mass is 10.1. The summed E-state index contributed by atoms with van der Waals surface area (Å²) in [5.41, 5.74) is 4.43. The first kappa shape index (κ1) is 19.4. The van der Waals surface area contributed by atoms with Crippen LogP contribution < -0.4 is 10.2 Å². The Kier molecular flexibility index (Phi) is 5.43. The smallest absolute Gasteiger partial charge is 0.0729 e. The number of fused-ring (bicyclic) bond motifs is 2. The second-order valence-electron chi connectivity index (χ2n) is 8.03. The molecule has 1 aromatic heterocycles. The van der Waals surface area contributed by atoms with Crippen LogP contribution in [0.15, 0.2) is 72.9 Å². The third kappa shape index (κ3) is 4.19. The Bertz CT molecular complexity index is 1230. The molecule has 0 bridgehead atoms. The Hall–Kier alpha value is -3.55. The second kappa shape index (κ2) is 8.67. The Labute approximate surface area is 183 Å². The molecule has 4 nitrogen and oxygen atoms in total. The van der Waals surface area contributed by atoms with Crippen LogP contribution in [0.4, 0.5) is 17.1 Å². The summed E-state index contributed by atoms with van der Waals surface area (Å²) in [5, 5.41) is 7.16. The standard InChI is InChI=1S/C27H26N4/c1-2-3-14-30-15-17-31(18-16-30)24-10-8-23(9-11-24)29-26-12-13-28-27-20-22-7-5-4-6-21(22)19-25(26)27/h1,4-13,19-20H,3,14-18H2,(H,28,29). The molecule has 2 heterocycles. The van der Waals surface area contributed by atoms with Gasteiger partial charge >= 0.3 is 0 Å². The number of benzene rings is 3. The molecule has 5 rings (SSSR count). The predicted octanol–water partition coefficient (Wildman–Crippen LogP) is 5.28. The van der Waals surface area contributed by atoms with E-state index in [-0.39, 0.29) is 0 Å². The summed E-state index contributed by atoms with van der Waals surface area (Å²) >= 11 is 0. The Morgan fingerprint density at radius 3 is 2.39 bits per heavy atom. The van der Waals surface area contributed by atoms with Gasteiger partial charge in [0.15, 0.2) is 0 Å². The highest BCUT2D eigenvalue weighted by Gasteiger charge is 2.16. The maximum Gasteiger partial charge on any atom is 0.0729 e. The van der Waals surface area contributed by atoms with Crippen LogP contribution in [0.2, 0.25) is 0 Å². The third-order valence-electron chi connectivity index (χ3n) is 6.07. The van der Waals surface area contributed by atoms with Crippen LogP contribution in [0, 0.1) is 12.3 Å². The van der Waals surface area contributed by atoms with E-state index in [1.807, 2.05) is 12.3 Å². The first-order chi connectivity index (χ1) is 15.3. The molecular weight excluding hydrogens is 380 g/mol. The minimum Gasteiger partial charge on any atom is -0.369 e. The van der Waals surface area contributed by atoms with Gasteiger partial charge in [-0.2, -0.15) is 0 Å². The second-order valence-corrected chi connectivity index (χ2v) is 8.03. The van der Waals surface area contributed by atoms with Gasteiger partial charge in [-0.1, -0.05) is 24.3 Å². The van der Waals surface area contributed by atoms with Crippen LogP contribution in [0.3, 0.4) is 0 Å². The Morgan fingerprint density at radius 1 is 0.903 bits per heavy atom. The maximum absolute atomic E-state index is 5.39. The van der Waals surface area contributed by atoms with Crippen LogP contribution in [-0.4, -0.2) is 42.6 Å². The largest absolute Gasteiger partial charge is 0.369 e. The first-order valence-electron chi connectivity index (χ1n) is 10.9. The number of rotatable bonds is 5. The number of nitrogens with zero attached hydrogens (tertiary/aromatic N) is 3. The van der Waals surface area contributed by atoms with Crippen molar-refractivity contribution in [1.29, 1.82) is 0 Å². The van der Waals surface area contributed by atoms with Crippen LogP contribution in [-0.2, 0) is 0 Å². The molecule has 1 saturated heterocycles. The fourth-order valence-electron chi connectivity index (χ4n) is 4.31. The molecule has 0 atom stereocenters. The topological polar surface area (TPSA) is 31.4 Å². The summed E-state index contributed by atoms with van der Waals surface area (Å²) in [6.07, 6.45) is 8.09. The zero-order chi connectivity index (χ0) is 21.0. The average Bonchev–Trinajstić information content (AvgIpc) is 2.83. The molecule has 1 aliphatic heterocycles. The van der Waals surface area contributed by atoms with Crippen molar-refractivity contribution in [2.75, 3.05) is 42.9 Å². The van der Waals surface area contributed by atoms with E-state index < -0.39 is 0 Å². The van der Waals surface area contributed by atoms with E-state index in [2.05, 4.69) is 86.7 Å². The number of nitrogens with one attached hydrogen (secondary N) is 1. The highest BCUT2D eigenvalue weighted by Crippen LogP contribution is 2.30. The minimum absolute atomic E-state index is 0.833. The molecule has 4 aromatic rings. The molecule has 1 aliphatic rings. The highest BCUT2D eigenvalue weighted by molar-refractivity contribution is 6.02. The number of terminal acetylenes is 1. The minimum atomic E-state index is 0.833. The quantitative estimate of drug-likeness (QED) is 0.361. The van der Waals surface area contributed by atoms with Crippen molar-refractivity contribution in [3.63, 3.8) is 0 Å². The maximum atomic E-state index is 5.39. The van der Waals surface area contributed by atoms with Crippen molar-refractivity contribution in [2.24, 2.45) is 0 Å². The summed E-state index contributed by atoms with van der Waals surface area (Å²) < 4.78 is 0. The summed E-state index contributed by atoms with van der Waals surface area (Å²) in [6, 6.07) is 23.6. The third-order valence-corrected chi connectivity index (χ3v) is 6.07. The molecule has 4 heteroatoms. The van der Waals surface area contributed by atoms with Crippen LogP contribution in [0.25, 0.3) is 21.7 Å². The van der Waals surface area contributed by atoms with E-state index in [1.165, 1.54) is 16.5 Å². The van der Waals surface area contributed by atoms with Crippen LogP contribution in [0.1, 0.15) is 6.42 Å². The number of pyridine rings is 1. The zero-order valence-electron chi connectivity index (χ0n) is 17.6. The lowest BCUT2D eigenvalue weighted by molar-refractivity contribution is 0.264. The van der Waals surface area contributed by atoms with E-state index in [0.29, 0.717) is 0 Å². The normalized spacial score (nSPS) is 14.6. The van der Waals surface area contributed by atoms with Gasteiger partial charge in [0.2, 0.25) is 0 Å². The summed E-state index contributed by atoms with van der Waals surface area (Å²) in [4.78, 5) is 9.47. The summed E-state index contributed by atoms with van der Waals surface area (Å²) in [5.74, 6) is 2.74. The van der Waals surface area contributed by atoms with E-state index >= 15 is 0 Å². The molecule has 0 aliphatic carbocycles. The fraction of sp³-hybridized carbons (Fsp3) is 0.222. The average molecular weight is 407 g/mol. The van der Waals surface area contributed by atoms with E-state index in [9.17, 15) is 0 Å². The number of hydrogen-bond acceptors (Lipinski definition) is 4. The van der Waals surface area contributed by atoms with Gasteiger partial charge in [-0.15, -0.1) is 12.3 Å². The molecule has 31 heavy (non-hydrogen) atoms. The molecule has 0 amide bonds. The van der Waals surface area contributed by atoms with Gasteiger partial charge < -0.3 is 10.2 Å². The molecular formula is C27H26N4. The van der Waals surface area contributed by atoms with E-state index in [4.69, 9.17) is 6.42 Å². The highest BCUT2D eigenvalue weighted by atomic mass is 15.3. The van der Waals surface area contributed by atoms with Gasteiger partial charge in [0, 0.05) is 67.8 Å².